The molecule has 37 heteroatoms. The van der Waals surface area contributed by atoms with Crippen molar-refractivity contribution in [1.82, 2.24) is 45.3 Å². The van der Waals surface area contributed by atoms with Gasteiger partial charge in [0.15, 0.2) is 23.2 Å². The standard InChI is InChI=1S/C52H57F2N9O7.C32H34F2N6O4.C20H25N3O4/c53-34-24-33(25-35(54)27-34)23-32-5-11-44-43(26-32)49(60-59-44)58-50(67)41-10-7-38(29-45(41)57-36-13-21-70-22-14-36)62-19-17-61(18-20-62)31-48(66)56-16-4-2-1-3-15-55-37-6-9-40-42(28-37)52(69)63(51(40)68)46-12-8-39(64)30-47(46)65;33-22-14-21(15-23(34)17-22)13-20-1-4-28-27(16-20)31(38-37-28)36-32(43)26-3-2-25(18-29(26)35-24-5-11-44-12-6-24)40-9-7-39(8-10-40)19-30(41)42;21-9-3-1-2-4-10-22-13-5-7-15-16(11-13)20(27)23(19(15)26)17-8-6-14(24)12-18(17)25/h5-7,9-11,24-29,36,46,55,57H,1-4,8,12-23,30-31H2,(H,56,66)(H2,58,59,60,67);1-4,14-18,24,35H,5-13,19H2,(H,41,42)(H2,36,37,38,43);5,7,11,17,22H,1-4,6,8-10,12,21H2. The number of ketones is 4. The number of nitrogens with two attached hydrogens (primary N) is 1. The summed E-state index contributed by atoms with van der Waals surface area (Å²) < 4.78 is 66.4. The van der Waals surface area contributed by atoms with Crippen molar-refractivity contribution in [1.29, 1.82) is 0 Å². The maximum atomic E-state index is 14.0. The number of aliphatic carboxylic acids is 1. The van der Waals surface area contributed by atoms with Gasteiger partial charge in [-0.25, -0.2) is 17.6 Å². The number of hydrogen-bond acceptors (Lipinski definition) is 25. The predicted molar refractivity (Wildman–Crippen MR) is 524 cm³/mol. The first-order chi connectivity index (χ1) is 68.3. The topological polar surface area (TPSA) is 431 Å². The van der Waals surface area contributed by atoms with Crippen molar-refractivity contribution < 1.29 is 89.7 Å². The highest BCUT2D eigenvalue weighted by Crippen LogP contribution is 2.37. The Morgan fingerprint density at radius 3 is 1.24 bits per heavy atom. The summed E-state index contributed by atoms with van der Waals surface area (Å²) in [5.74, 6) is -6.28. The van der Waals surface area contributed by atoms with Gasteiger partial charge in [0.2, 0.25) is 5.91 Å². The molecule has 33 nitrogen and oxygen atoms in total. The molecule has 2 atom stereocenters. The van der Waals surface area contributed by atoms with Crippen LogP contribution in [0.4, 0.5) is 63.3 Å². The summed E-state index contributed by atoms with van der Waals surface area (Å²) in [6, 6.07) is 38.1. The number of Topliss-reactive ketones (excluding diaryl/α,β-unsaturated/α-hetero) is 4. The Kier molecular flexibility index (Phi) is 33.1. The molecule has 6 aliphatic heterocycles. The number of carbonyl (C=O) groups excluding carboxylic acids is 11. The maximum Gasteiger partial charge on any atom is 0.317 e. The lowest BCUT2D eigenvalue weighted by atomic mass is 9.92. The highest BCUT2D eigenvalue weighted by atomic mass is 19.1. The number of piperazine rings is 2. The number of aromatic amines is 2. The number of anilines is 8. The van der Waals surface area contributed by atoms with Gasteiger partial charge >= 0.3 is 5.97 Å². The number of carboxylic acid groups (broad SMARTS) is 1. The van der Waals surface area contributed by atoms with Crippen LogP contribution in [0.15, 0.2) is 146 Å². The average molecular weight is 1930 g/mol. The molecule has 4 saturated heterocycles. The van der Waals surface area contributed by atoms with E-state index in [9.17, 15) is 75.1 Å². The molecule has 7 amide bonds. The first-order valence-corrected chi connectivity index (χ1v) is 48.5. The largest absolute Gasteiger partial charge is 0.480 e. The van der Waals surface area contributed by atoms with Crippen molar-refractivity contribution in [2.24, 2.45) is 5.73 Å². The summed E-state index contributed by atoms with van der Waals surface area (Å²) in [6.07, 6.45) is 12.0. The molecule has 2 saturated carbocycles. The number of imide groups is 2. The number of aromatic nitrogens is 4. The lowest BCUT2D eigenvalue weighted by Crippen LogP contribution is -2.49. The van der Waals surface area contributed by atoms with Crippen LogP contribution in [-0.4, -0.2) is 258 Å². The van der Waals surface area contributed by atoms with E-state index in [0.717, 1.165) is 134 Å². The van der Waals surface area contributed by atoms with Gasteiger partial charge in [-0.1, -0.05) is 37.8 Å². The number of benzene rings is 8. The van der Waals surface area contributed by atoms with E-state index in [0.29, 0.717) is 202 Å². The van der Waals surface area contributed by atoms with E-state index in [4.69, 9.17) is 20.3 Å². The zero-order valence-electron chi connectivity index (χ0n) is 78.4. The molecule has 0 radical (unpaired) electrons. The van der Waals surface area contributed by atoms with Crippen molar-refractivity contribution in [3.63, 3.8) is 0 Å². The van der Waals surface area contributed by atoms with Crippen molar-refractivity contribution in [3.8, 4) is 0 Å². The maximum absolute atomic E-state index is 14.0. The number of nitrogens with zero attached hydrogens (tertiary/aromatic N) is 8. The summed E-state index contributed by atoms with van der Waals surface area (Å²) in [7, 11) is 0. The van der Waals surface area contributed by atoms with Crippen LogP contribution >= 0.6 is 0 Å². The summed E-state index contributed by atoms with van der Waals surface area (Å²) in [5.41, 5.74) is 16.4. The van der Waals surface area contributed by atoms with Crippen LogP contribution < -0.4 is 52.8 Å². The molecule has 2 aromatic heterocycles. The smallest absolute Gasteiger partial charge is 0.317 e. The minimum absolute atomic E-state index is 0.0131. The number of halogens is 4. The first kappa shape index (κ1) is 99.9. The molecule has 0 bridgehead atoms. The second-order valence-electron chi connectivity index (χ2n) is 36.9. The summed E-state index contributed by atoms with van der Waals surface area (Å²) in [6.45, 7) is 11.1. The number of amides is 7. The fraction of sp³-hybridized carbons (Fsp3) is 0.404. The average Bonchev–Trinajstić information content (AvgIpc) is 1.61. The number of carbonyl (C=O) groups is 12. The third-order valence-electron chi connectivity index (χ3n) is 26.8. The molecule has 141 heavy (non-hydrogen) atoms. The minimum atomic E-state index is -0.891. The van der Waals surface area contributed by atoms with Gasteiger partial charge in [0.25, 0.3) is 35.4 Å². The molecule has 740 valence electrons. The monoisotopic (exact) mass is 1930 g/mol. The molecule has 8 heterocycles. The van der Waals surface area contributed by atoms with Crippen LogP contribution in [0, 0.1) is 23.3 Å². The Labute approximate surface area is 811 Å². The number of carboxylic acids is 1. The molecule has 12 N–H and O–H groups in total. The molecule has 18 rings (SSSR count). The molecular weight excluding hydrogens is 1820 g/mol. The van der Waals surface area contributed by atoms with Gasteiger partial charge in [-0.15, -0.1) is 0 Å². The lowest BCUT2D eigenvalue weighted by Gasteiger charge is -2.36. The second-order valence-corrected chi connectivity index (χ2v) is 36.9. The lowest BCUT2D eigenvalue weighted by molar-refractivity contribution is -0.138. The molecule has 6 fully saturated rings. The van der Waals surface area contributed by atoms with Gasteiger partial charge in [0, 0.05) is 180 Å². The highest BCUT2D eigenvalue weighted by Gasteiger charge is 2.47. The molecule has 8 aromatic carbocycles. The van der Waals surface area contributed by atoms with Crippen LogP contribution in [-0.2, 0) is 51.1 Å². The van der Waals surface area contributed by atoms with Gasteiger partial charge in [-0.2, -0.15) is 10.2 Å². The van der Waals surface area contributed by atoms with Crippen LogP contribution in [0.1, 0.15) is 200 Å². The van der Waals surface area contributed by atoms with Crippen molar-refractivity contribution in [2.45, 2.75) is 153 Å². The van der Waals surface area contributed by atoms with Crippen LogP contribution in [0.3, 0.4) is 0 Å². The highest BCUT2D eigenvalue weighted by molar-refractivity contribution is 6.25. The van der Waals surface area contributed by atoms with E-state index in [2.05, 4.69) is 72.3 Å². The van der Waals surface area contributed by atoms with Gasteiger partial charge < -0.3 is 67.3 Å². The van der Waals surface area contributed by atoms with Gasteiger partial charge in [0.1, 0.15) is 34.8 Å². The normalized spacial score (nSPS) is 17.7. The SMILES string of the molecule is NCCCCCCNc1ccc2c(c1)C(=O)N(C1CCC(=O)CC1=O)C2=O.O=C(O)CN1CCN(c2ccc(C(=O)Nc3n[nH]c4ccc(Cc5cc(F)cc(F)c5)cc34)c(NC3CCOCC3)c2)CC1.O=C1CCC(N2C(=O)c3ccc(NCCCCCCNC(=O)CN4CCN(c5ccc(C(=O)Nc6n[nH]c7ccc(Cc8cc(F)cc(F)c8)cc67)c(NC6CCOCC6)c5)CC4)cc3C2=O)C(=O)C1. The number of H-pyrrole nitrogens is 2. The summed E-state index contributed by atoms with van der Waals surface area (Å²) in [4.78, 5) is 162. The van der Waals surface area contributed by atoms with Gasteiger partial charge in [0.05, 0.1) is 82.4 Å². The Morgan fingerprint density at radius 1 is 0.426 bits per heavy atom. The Bertz CT molecular complexity index is 6300. The molecule has 10 aromatic rings. The van der Waals surface area contributed by atoms with E-state index in [-0.39, 0.29) is 109 Å². The fourth-order valence-corrected chi connectivity index (χ4v) is 19.3. The number of ether oxygens (including phenoxy) is 2. The summed E-state index contributed by atoms with van der Waals surface area (Å²) >= 11 is 0. The molecular formula is C104H116F4N18O15. The van der Waals surface area contributed by atoms with Gasteiger partial charge in [-0.05, 0) is 227 Å². The van der Waals surface area contributed by atoms with Gasteiger partial charge in [-0.3, -0.25) is 87.3 Å². The third kappa shape index (κ3) is 25.6. The molecule has 2 aliphatic carbocycles. The molecule has 2 unspecified atom stereocenters. The van der Waals surface area contributed by atoms with Crippen molar-refractivity contribution in [2.75, 3.05) is 160 Å². The first-order valence-electron chi connectivity index (χ1n) is 48.5. The minimum Gasteiger partial charge on any atom is -0.480 e. The van der Waals surface area contributed by atoms with Crippen molar-refractivity contribution >= 4 is 138 Å². The van der Waals surface area contributed by atoms with E-state index in [1.807, 2.05) is 71.6 Å². The van der Waals surface area contributed by atoms with Crippen LogP contribution in [0.25, 0.3) is 21.8 Å². The zero-order valence-corrected chi connectivity index (χ0v) is 78.4. The summed E-state index contributed by atoms with van der Waals surface area (Å²) in [5, 5.41) is 47.9. The number of unbranched alkanes of at least 4 members (excludes halogenated alkanes) is 6. The van der Waals surface area contributed by atoms with Crippen LogP contribution in [0.5, 0.6) is 0 Å². The zero-order chi connectivity index (χ0) is 98.7. The molecule has 0 spiro atoms. The van der Waals surface area contributed by atoms with Crippen molar-refractivity contribution in [3.05, 3.63) is 224 Å². The second kappa shape index (κ2) is 46.8. The quantitative estimate of drug-likeness (QED) is 0.00760. The van der Waals surface area contributed by atoms with Crippen LogP contribution in [0.2, 0.25) is 0 Å². The number of fused-ring (bicyclic) bond motifs is 4. The number of hydrogen-bond donors (Lipinski definition) is 11. The van der Waals surface area contributed by atoms with E-state index < -0.39 is 65.0 Å². The van der Waals surface area contributed by atoms with E-state index in [1.54, 1.807) is 42.5 Å². The Hall–Kier alpha value is -14.1. The fourth-order valence-electron chi connectivity index (χ4n) is 19.3. The van der Waals surface area contributed by atoms with E-state index >= 15 is 0 Å². The Morgan fingerprint density at radius 2 is 0.830 bits per heavy atom. The third-order valence-corrected chi connectivity index (χ3v) is 26.8. The van der Waals surface area contributed by atoms with E-state index in [1.165, 1.54) is 24.3 Å². The predicted octanol–water partition coefficient (Wildman–Crippen LogP) is 12.9. The number of rotatable bonds is 35. The number of nitrogens with one attached hydrogen (secondary N) is 9. The Balaban J connectivity index is 0.000000171. The molecule has 8 aliphatic rings.